The van der Waals surface area contributed by atoms with Crippen LogP contribution in [0.5, 0.6) is 0 Å². The summed E-state index contributed by atoms with van der Waals surface area (Å²) in [6.45, 7) is 1.88. The number of hydrogen-bond donors (Lipinski definition) is 2. The summed E-state index contributed by atoms with van der Waals surface area (Å²) in [6.07, 6.45) is 9.27. The Balaban J connectivity index is 1.83. The van der Waals surface area contributed by atoms with Crippen molar-refractivity contribution in [2.45, 2.75) is 18.3 Å². The van der Waals surface area contributed by atoms with E-state index < -0.39 is 5.38 Å². The van der Waals surface area contributed by atoms with Gasteiger partial charge in [0.25, 0.3) is 0 Å². The molecule has 2 aromatic heterocycles. The normalized spacial score (nSPS) is 17.4. The molecule has 0 aliphatic heterocycles. The van der Waals surface area contributed by atoms with Gasteiger partial charge in [0.05, 0.1) is 11.6 Å². The molecule has 1 aliphatic rings. The average Bonchev–Trinajstić information content (AvgIpc) is 2.68. The van der Waals surface area contributed by atoms with Crippen molar-refractivity contribution in [1.82, 2.24) is 25.2 Å². The van der Waals surface area contributed by atoms with Gasteiger partial charge >= 0.3 is 6.03 Å². The first-order valence-corrected chi connectivity index (χ1v) is 8.75. The van der Waals surface area contributed by atoms with Crippen molar-refractivity contribution in [2.75, 3.05) is 19.4 Å². The van der Waals surface area contributed by atoms with Gasteiger partial charge in [-0.05, 0) is 25.2 Å². The number of ketones is 1. The number of fused-ring (bicyclic) bond motifs is 1. The van der Waals surface area contributed by atoms with Crippen molar-refractivity contribution in [3.63, 3.8) is 0 Å². The largest absolute Gasteiger partial charge is 0.371 e. The second kappa shape index (κ2) is 7.71. The Morgan fingerprint density at radius 1 is 1.22 bits per heavy atom. The van der Waals surface area contributed by atoms with Crippen molar-refractivity contribution >= 4 is 40.3 Å². The fourth-order valence-corrected chi connectivity index (χ4v) is 2.91. The number of nitrogens with zero attached hydrogens (tertiary/aromatic N) is 4. The third-order valence-electron chi connectivity index (χ3n) is 4.39. The second-order valence-electron chi connectivity index (χ2n) is 6.04. The Morgan fingerprint density at radius 2 is 1.93 bits per heavy atom. The monoisotopic (exact) mass is 386 g/mol. The van der Waals surface area contributed by atoms with Gasteiger partial charge in [0.2, 0.25) is 0 Å². The van der Waals surface area contributed by atoms with Gasteiger partial charge < -0.3 is 15.5 Å². The first-order chi connectivity index (χ1) is 12.9. The number of alkyl halides is 1. The van der Waals surface area contributed by atoms with Gasteiger partial charge in [-0.15, -0.1) is 11.6 Å². The topological polar surface area (TPSA) is 100 Å². The van der Waals surface area contributed by atoms with Gasteiger partial charge in [-0.3, -0.25) is 9.78 Å². The predicted octanol–water partition coefficient (Wildman–Crippen LogP) is 2.40. The highest BCUT2D eigenvalue weighted by atomic mass is 35.5. The van der Waals surface area contributed by atoms with E-state index in [1.807, 2.05) is 6.92 Å². The quantitative estimate of drug-likeness (QED) is 0.782. The lowest BCUT2D eigenvalue weighted by molar-refractivity contribution is -0.113. The predicted molar refractivity (Wildman–Crippen MR) is 103 cm³/mol. The fourth-order valence-electron chi connectivity index (χ4n) is 2.71. The van der Waals surface area contributed by atoms with Crippen LogP contribution in [0.3, 0.4) is 0 Å². The molecule has 0 saturated carbocycles. The van der Waals surface area contributed by atoms with Crippen molar-refractivity contribution in [3.05, 3.63) is 48.1 Å². The average molecular weight is 387 g/mol. The van der Waals surface area contributed by atoms with Crippen LogP contribution >= 0.6 is 11.6 Å². The van der Waals surface area contributed by atoms with Crippen LogP contribution in [0.2, 0.25) is 0 Å². The summed E-state index contributed by atoms with van der Waals surface area (Å²) in [4.78, 5) is 38.7. The Hall–Kier alpha value is -3.00. The van der Waals surface area contributed by atoms with Gasteiger partial charge in [0, 0.05) is 43.9 Å². The number of pyridine rings is 1. The maximum absolute atomic E-state index is 12.6. The van der Waals surface area contributed by atoms with E-state index in [-0.39, 0.29) is 17.9 Å². The molecule has 0 fully saturated rings. The number of allylic oxidation sites excluding steroid dienone is 3. The van der Waals surface area contributed by atoms with Gasteiger partial charge in [-0.25, -0.2) is 14.8 Å². The number of aromatic nitrogens is 3. The summed E-state index contributed by atoms with van der Waals surface area (Å²) < 4.78 is 0. The molecule has 0 aromatic carbocycles. The smallest absolute Gasteiger partial charge is 0.322 e. The molecule has 0 spiro atoms. The number of halogens is 1. The lowest BCUT2D eigenvalue weighted by atomic mass is 10.1. The molecule has 0 bridgehead atoms. The van der Waals surface area contributed by atoms with E-state index in [0.717, 1.165) is 5.56 Å². The van der Waals surface area contributed by atoms with Gasteiger partial charge in [0.15, 0.2) is 11.6 Å². The van der Waals surface area contributed by atoms with Crippen LogP contribution in [0.25, 0.3) is 11.0 Å². The highest BCUT2D eigenvalue weighted by molar-refractivity contribution is 6.34. The fraction of sp³-hybridized carbons (Fsp3) is 0.278. The Morgan fingerprint density at radius 3 is 2.59 bits per heavy atom. The van der Waals surface area contributed by atoms with E-state index in [1.165, 1.54) is 23.1 Å². The molecule has 0 radical (unpaired) electrons. The summed E-state index contributed by atoms with van der Waals surface area (Å²) in [5.41, 5.74) is 2.56. The second-order valence-corrected chi connectivity index (χ2v) is 6.51. The van der Waals surface area contributed by atoms with Crippen LogP contribution < -0.4 is 10.6 Å². The first kappa shape index (κ1) is 18.8. The maximum Gasteiger partial charge on any atom is 0.322 e. The van der Waals surface area contributed by atoms with Crippen LogP contribution in [-0.2, 0) is 4.79 Å². The van der Waals surface area contributed by atoms with Crippen LogP contribution in [0.4, 0.5) is 10.6 Å². The molecule has 2 atom stereocenters. The number of anilines is 1. The molecule has 2 heterocycles. The molecule has 2 aromatic rings. The SMILES string of the molecule is CNc1ncc(C(C)N(C)C(=O)NC2=CC(Cl)C(=O)C=C2)c2nccnc12. The van der Waals surface area contributed by atoms with Crippen molar-refractivity contribution in [1.29, 1.82) is 0 Å². The summed E-state index contributed by atoms with van der Waals surface area (Å²) in [5.74, 6) is 0.411. The van der Waals surface area contributed by atoms with Crippen LogP contribution in [-0.4, -0.2) is 51.1 Å². The minimum absolute atomic E-state index is 0.211. The van der Waals surface area contributed by atoms with E-state index in [0.29, 0.717) is 22.5 Å². The Labute approximate surface area is 161 Å². The summed E-state index contributed by atoms with van der Waals surface area (Å²) in [5, 5.41) is 4.96. The van der Waals surface area contributed by atoms with Crippen LogP contribution in [0, 0.1) is 0 Å². The standard InChI is InChI=1S/C18H19ClN6O2/c1-10(12-9-23-17(20-2)16-15(12)21-6-7-22-16)25(3)18(27)24-11-4-5-14(26)13(19)8-11/h4-10,13H,1-3H3,(H,20,23)(H,24,27). The molecule has 3 rings (SSSR count). The number of nitrogens with one attached hydrogen (secondary N) is 2. The molecule has 2 N–H and O–H groups in total. The van der Waals surface area contributed by atoms with E-state index in [9.17, 15) is 9.59 Å². The summed E-state index contributed by atoms with van der Waals surface area (Å²) in [6, 6.07) is -0.657. The third-order valence-corrected chi connectivity index (χ3v) is 4.73. The molecule has 9 heteroatoms. The molecule has 2 amide bonds. The Kier molecular flexibility index (Phi) is 5.36. The van der Waals surface area contributed by atoms with E-state index >= 15 is 0 Å². The zero-order valence-corrected chi connectivity index (χ0v) is 15.9. The van der Waals surface area contributed by atoms with Gasteiger partial charge in [-0.2, -0.15) is 0 Å². The summed E-state index contributed by atoms with van der Waals surface area (Å²) >= 11 is 5.91. The van der Waals surface area contributed by atoms with Gasteiger partial charge in [0.1, 0.15) is 10.9 Å². The molecule has 2 unspecified atom stereocenters. The zero-order chi connectivity index (χ0) is 19.6. The number of hydrogen-bond acceptors (Lipinski definition) is 6. The lowest BCUT2D eigenvalue weighted by Gasteiger charge is -2.26. The molecule has 27 heavy (non-hydrogen) atoms. The first-order valence-electron chi connectivity index (χ1n) is 8.31. The molecular formula is C18H19ClN6O2. The van der Waals surface area contributed by atoms with Crippen LogP contribution in [0.15, 0.2) is 42.5 Å². The van der Waals surface area contributed by atoms with Crippen LogP contribution in [0.1, 0.15) is 18.5 Å². The number of amides is 2. The number of carbonyl (C=O) groups is 2. The number of rotatable bonds is 4. The highest BCUT2D eigenvalue weighted by Gasteiger charge is 2.23. The van der Waals surface area contributed by atoms with Crippen molar-refractivity contribution in [3.8, 4) is 0 Å². The molecule has 8 nitrogen and oxygen atoms in total. The van der Waals surface area contributed by atoms with Gasteiger partial charge in [-0.1, -0.05) is 0 Å². The van der Waals surface area contributed by atoms with E-state index in [1.54, 1.807) is 32.7 Å². The molecular weight excluding hydrogens is 368 g/mol. The zero-order valence-electron chi connectivity index (χ0n) is 15.1. The molecule has 1 aliphatic carbocycles. The molecule has 0 saturated heterocycles. The van der Waals surface area contributed by atoms with Crippen molar-refractivity contribution in [2.24, 2.45) is 0 Å². The summed E-state index contributed by atoms with van der Waals surface area (Å²) in [7, 11) is 3.43. The maximum atomic E-state index is 12.6. The number of carbonyl (C=O) groups excluding carboxylic acids is 2. The van der Waals surface area contributed by atoms with E-state index in [2.05, 4.69) is 25.6 Å². The molecule has 140 valence electrons. The minimum Gasteiger partial charge on any atom is -0.371 e. The highest BCUT2D eigenvalue weighted by Crippen LogP contribution is 2.27. The lowest BCUT2D eigenvalue weighted by Crippen LogP contribution is -2.39. The third kappa shape index (κ3) is 3.75. The Bertz CT molecular complexity index is 958. The number of urea groups is 1. The van der Waals surface area contributed by atoms with E-state index in [4.69, 9.17) is 11.6 Å². The minimum atomic E-state index is -0.773. The van der Waals surface area contributed by atoms with Crippen molar-refractivity contribution < 1.29 is 9.59 Å².